The van der Waals surface area contributed by atoms with Gasteiger partial charge in [0.1, 0.15) is 11.9 Å². The lowest BCUT2D eigenvalue weighted by atomic mass is 10.0. The average Bonchev–Trinajstić information content (AvgIpc) is 2.54. The number of urea groups is 1. The van der Waals surface area contributed by atoms with Crippen molar-refractivity contribution in [2.24, 2.45) is 5.73 Å². The molecule has 0 saturated carbocycles. The number of ether oxygens (including phenoxy) is 1. The molecule has 4 heteroatoms. The Bertz CT molecular complexity index is 648. The summed E-state index contributed by atoms with van der Waals surface area (Å²) in [7, 11) is 1.64. The topological polar surface area (TPSA) is 55.6 Å². The van der Waals surface area contributed by atoms with Gasteiger partial charge in [-0.15, -0.1) is 0 Å². The van der Waals surface area contributed by atoms with Crippen molar-refractivity contribution in [2.45, 2.75) is 32.8 Å². The van der Waals surface area contributed by atoms with Crippen LogP contribution in [-0.2, 0) is 0 Å². The van der Waals surface area contributed by atoms with Crippen molar-refractivity contribution in [3.63, 3.8) is 0 Å². The molecule has 0 heterocycles. The fraction of sp³-hybridized carbons (Fsp3) is 0.316. The van der Waals surface area contributed by atoms with Crippen LogP contribution >= 0.6 is 0 Å². The van der Waals surface area contributed by atoms with E-state index in [0.29, 0.717) is 5.92 Å². The van der Waals surface area contributed by atoms with E-state index in [1.54, 1.807) is 7.05 Å². The molecular formula is C19H24N2O2. The summed E-state index contributed by atoms with van der Waals surface area (Å²) in [6.45, 7) is 6.38. The zero-order valence-corrected chi connectivity index (χ0v) is 14.1. The third-order valence-corrected chi connectivity index (χ3v) is 3.94. The van der Waals surface area contributed by atoms with Crippen molar-refractivity contribution in [2.75, 3.05) is 11.9 Å². The quantitative estimate of drug-likeness (QED) is 0.886. The molecule has 2 aromatic carbocycles. The maximum atomic E-state index is 11.1. The minimum atomic E-state index is -0.489. The molecule has 0 aliphatic carbocycles. The van der Waals surface area contributed by atoms with Crippen molar-refractivity contribution in [3.8, 4) is 5.75 Å². The first-order valence-corrected chi connectivity index (χ1v) is 7.78. The Morgan fingerprint density at radius 2 is 1.48 bits per heavy atom. The van der Waals surface area contributed by atoms with E-state index in [9.17, 15) is 4.79 Å². The Morgan fingerprint density at radius 3 is 1.96 bits per heavy atom. The fourth-order valence-electron chi connectivity index (χ4n) is 2.30. The van der Waals surface area contributed by atoms with Crippen molar-refractivity contribution >= 4 is 11.7 Å². The van der Waals surface area contributed by atoms with Gasteiger partial charge in [-0.3, -0.25) is 4.90 Å². The number of primary amides is 1. The Labute approximate surface area is 137 Å². The van der Waals surface area contributed by atoms with Crippen LogP contribution in [0.5, 0.6) is 5.75 Å². The minimum Gasteiger partial charge on any atom is -0.486 e. The van der Waals surface area contributed by atoms with E-state index in [0.717, 1.165) is 17.0 Å². The van der Waals surface area contributed by atoms with Gasteiger partial charge in [0.2, 0.25) is 0 Å². The number of carbonyl (C=O) groups is 1. The van der Waals surface area contributed by atoms with Crippen molar-refractivity contribution in [1.29, 1.82) is 0 Å². The molecule has 1 unspecified atom stereocenters. The maximum absolute atomic E-state index is 11.1. The van der Waals surface area contributed by atoms with E-state index in [1.165, 1.54) is 10.5 Å². The van der Waals surface area contributed by atoms with E-state index in [4.69, 9.17) is 10.5 Å². The van der Waals surface area contributed by atoms with Crippen LogP contribution in [0.15, 0.2) is 48.5 Å². The largest absolute Gasteiger partial charge is 0.486 e. The molecule has 0 radical (unpaired) electrons. The van der Waals surface area contributed by atoms with Crippen LogP contribution in [0, 0.1) is 0 Å². The molecule has 4 nitrogen and oxygen atoms in total. The SMILES string of the molecule is CC(C)c1ccc(C(C)Oc2ccc(N(C)C(N)=O)cc2)cc1. The number of nitrogens with zero attached hydrogens (tertiary/aromatic N) is 1. The summed E-state index contributed by atoms with van der Waals surface area (Å²) in [6, 6.07) is 15.3. The lowest BCUT2D eigenvalue weighted by Gasteiger charge is -2.18. The molecule has 0 aliphatic rings. The summed E-state index contributed by atoms with van der Waals surface area (Å²) in [6.07, 6.45) is -0.0454. The Kier molecular flexibility index (Phi) is 5.27. The Morgan fingerprint density at radius 1 is 0.957 bits per heavy atom. The molecule has 122 valence electrons. The molecule has 2 rings (SSSR count). The van der Waals surface area contributed by atoms with Crippen molar-refractivity contribution in [3.05, 3.63) is 59.7 Å². The minimum absolute atomic E-state index is 0.0454. The third kappa shape index (κ3) is 4.25. The van der Waals surface area contributed by atoms with E-state index < -0.39 is 6.03 Å². The molecule has 2 aromatic rings. The predicted octanol–water partition coefficient (Wildman–Crippen LogP) is 4.46. The highest BCUT2D eigenvalue weighted by atomic mass is 16.5. The third-order valence-electron chi connectivity index (χ3n) is 3.94. The first-order valence-electron chi connectivity index (χ1n) is 7.78. The number of nitrogens with two attached hydrogens (primary N) is 1. The molecule has 0 bridgehead atoms. The monoisotopic (exact) mass is 312 g/mol. The van der Waals surface area contributed by atoms with Gasteiger partial charge in [-0.2, -0.15) is 0 Å². The molecule has 23 heavy (non-hydrogen) atoms. The van der Waals surface area contributed by atoms with Gasteiger partial charge in [-0.05, 0) is 48.2 Å². The summed E-state index contributed by atoms with van der Waals surface area (Å²) in [5.41, 5.74) is 8.44. The van der Waals surface area contributed by atoms with Gasteiger partial charge in [0, 0.05) is 12.7 Å². The van der Waals surface area contributed by atoms with Crippen molar-refractivity contribution in [1.82, 2.24) is 0 Å². The second kappa shape index (κ2) is 7.18. The molecule has 2 N–H and O–H groups in total. The molecule has 0 spiro atoms. The Balaban J connectivity index is 2.05. The number of rotatable bonds is 5. The van der Waals surface area contributed by atoms with E-state index in [-0.39, 0.29) is 6.10 Å². The predicted molar refractivity (Wildman–Crippen MR) is 94.0 cm³/mol. The zero-order chi connectivity index (χ0) is 17.0. The molecule has 0 fully saturated rings. The lowest BCUT2D eigenvalue weighted by Crippen LogP contribution is -2.31. The second-order valence-electron chi connectivity index (χ2n) is 5.97. The summed E-state index contributed by atoms with van der Waals surface area (Å²) in [5.74, 6) is 1.28. The summed E-state index contributed by atoms with van der Waals surface area (Å²) < 4.78 is 5.96. The number of benzene rings is 2. The summed E-state index contributed by atoms with van der Waals surface area (Å²) in [5, 5.41) is 0. The summed E-state index contributed by atoms with van der Waals surface area (Å²) in [4.78, 5) is 12.5. The van der Waals surface area contributed by atoms with Gasteiger partial charge in [0.05, 0.1) is 0 Å². The number of carbonyl (C=O) groups excluding carboxylic acids is 1. The lowest BCUT2D eigenvalue weighted by molar-refractivity contribution is 0.227. The smallest absolute Gasteiger partial charge is 0.318 e. The molecular weight excluding hydrogens is 288 g/mol. The van der Waals surface area contributed by atoms with Gasteiger partial charge in [0.25, 0.3) is 0 Å². The van der Waals surface area contributed by atoms with Crippen LogP contribution < -0.4 is 15.4 Å². The fourth-order valence-corrected chi connectivity index (χ4v) is 2.30. The number of anilines is 1. The Hall–Kier alpha value is -2.49. The first kappa shape index (κ1) is 16.9. The van der Waals surface area contributed by atoms with E-state index in [1.807, 2.05) is 31.2 Å². The average molecular weight is 312 g/mol. The van der Waals surface area contributed by atoms with Crippen LogP contribution in [0.25, 0.3) is 0 Å². The van der Waals surface area contributed by atoms with Gasteiger partial charge in [-0.1, -0.05) is 38.1 Å². The van der Waals surface area contributed by atoms with Gasteiger partial charge in [0.15, 0.2) is 0 Å². The van der Waals surface area contributed by atoms with Gasteiger partial charge in [-0.25, -0.2) is 4.79 Å². The van der Waals surface area contributed by atoms with Crippen LogP contribution in [0.2, 0.25) is 0 Å². The van der Waals surface area contributed by atoms with Crippen LogP contribution in [-0.4, -0.2) is 13.1 Å². The maximum Gasteiger partial charge on any atom is 0.318 e. The van der Waals surface area contributed by atoms with Gasteiger partial charge >= 0.3 is 6.03 Å². The molecule has 0 aliphatic heterocycles. The number of hydrogen-bond acceptors (Lipinski definition) is 2. The van der Waals surface area contributed by atoms with E-state index in [2.05, 4.69) is 38.1 Å². The van der Waals surface area contributed by atoms with Crippen LogP contribution in [0.4, 0.5) is 10.5 Å². The highest BCUT2D eigenvalue weighted by Crippen LogP contribution is 2.25. The van der Waals surface area contributed by atoms with Crippen molar-refractivity contribution < 1.29 is 9.53 Å². The molecule has 0 aromatic heterocycles. The molecule has 2 amide bonds. The number of hydrogen-bond donors (Lipinski definition) is 1. The number of amides is 2. The molecule has 1 atom stereocenters. The summed E-state index contributed by atoms with van der Waals surface area (Å²) >= 11 is 0. The van der Waals surface area contributed by atoms with Crippen LogP contribution in [0.1, 0.15) is 43.9 Å². The highest BCUT2D eigenvalue weighted by Gasteiger charge is 2.10. The van der Waals surface area contributed by atoms with E-state index >= 15 is 0 Å². The first-order chi connectivity index (χ1) is 10.9. The zero-order valence-electron chi connectivity index (χ0n) is 14.1. The standard InChI is InChI=1S/C19H24N2O2/c1-13(2)15-5-7-16(8-6-15)14(3)23-18-11-9-17(10-12-18)21(4)19(20)22/h5-14H,1-4H3,(H2,20,22). The van der Waals surface area contributed by atoms with Crippen LogP contribution in [0.3, 0.4) is 0 Å². The highest BCUT2D eigenvalue weighted by molar-refractivity contribution is 5.90. The normalized spacial score (nSPS) is 12.0. The van der Waals surface area contributed by atoms with Gasteiger partial charge < -0.3 is 10.5 Å². The molecule has 0 saturated heterocycles. The second-order valence-corrected chi connectivity index (χ2v) is 5.97.